The number of benzene rings is 1. The fourth-order valence-electron chi connectivity index (χ4n) is 2.19. The second-order valence-corrected chi connectivity index (χ2v) is 7.83. The smallest absolute Gasteiger partial charge is 0.253 e. The molecule has 1 aromatic rings. The molecule has 5 nitrogen and oxygen atoms in total. The van der Waals surface area contributed by atoms with Gasteiger partial charge < -0.3 is 4.90 Å². The molecule has 0 bridgehead atoms. The first-order valence-corrected chi connectivity index (χ1v) is 9.69. The van der Waals surface area contributed by atoms with Gasteiger partial charge in [0.25, 0.3) is 5.91 Å². The van der Waals surface area contributed by atoms with Gasteiger partial charge in [0, 0.05) is 25.2 Å². The zero-order valence-corrected chi connectivity index (χ0v) is 15.3. The normalized spacial score (nSPS) is 11.7. The Balaban J connectivity index is 3.01. The molecule has 130 valence electrons. The lowest BCUT2D eigenvalue weighted by molar-refractivity contribution is 0.0755. The van der Waals surface area contributed by atoms with Crippen LogP contribution in [0.3, 0.4) is 0 Å². The second-order valence-electron chi connectivity index (χ2n) is 6.07. The van der Waals surface area contributed by atoms with Crippen LogP contribution in [0, 0.1) is 5.92 Å². The van der Waals surface area contributed by atoms with Gasteiger partial charge in [0.15, 0.2) is 0 Å². The highest BCUT2D eigenvalue weighted by atomic mass is 32.2. The fraction of sp³-hybridized carbons (Fsp3) is 0.588. The SMILES string of the molecule is CCCN(CCC)C(=O)c1cccc(S(=O)(=O)NCC(C)C)c1. The molecule has 0 saturated heterocycles. The van der Waals surface area contributed by atoms with Gasteiger partial charge in [0.05, 0.1) is 4.90 Å². The molecule has 0 aliphatic rings. The Morgan fingerprint density at radius 2 is 1.78 bits per heavy atom. The van der Waals surface area contributed by atoms with Gasteiger partial charge in [-0.1, -0.05) is 33.8 Å². The van der Waals surface area contributed by atoms with Gasteiger partial charge in [-0.05, 0) is 37.0 Å². The second kappa shape index (κ2) is 9.03. The Labute approximate surface area is 140 Å². The van der Waals surface area contributed by atoms with Crippen LogP contribution in [0.15, 0.2) is 29.2 Å². The Hall–Kier alpha value is -1.40. The molecule has 0 atom stereocenters. The highest BCUT2D eigenvalue weighted by Crippen LogP contribution is 2.14. The molecule has 0 unspecified atom stereocenters. The molecule has 23 heavy (non-hydrogen) atoms. The maximum absolute atomic E-state index is 12.6. The molecule has 0 heterocycles. The number of amides is 1. The standard InChI is InChI=1S/C17H28N2O3S/c1-5-10-19(11-6-2)17(20)15-8-7-9-16(12-15)23(21,22)18-13-14(3)4/h7-9,12,14,18H,5-6,10-11,13H2,1-4H3. The van der Waals surface area contributed by atoms with Crippen LogP contribution in [0.5, 0.6) is 0 Å². The Kier molecular flexibility index (Phi) is 7.72. The molecule has 1 aromatic carbocycles. The lowest BCUT2D eigenvalue weighted by Gasteiger charge is -2.21. The van der Waals surface area contributed by atoms with E-state index in [4.69, 9.17) is 0 Å². The van der Waals surface area contributed by atoms with E-state index in [9.17, 15) is 13.2 Å². The average molecular weight is 340 g/mol. The van der Waals surface area contributed by atoms with Gasteiger partial charge in [-0.15, -0.1) is 0 Å². The zero-order chi connectivity index (χ0) is 17.5. The molecule has 6 heteroatoms. The number of nitrogens with zero attached hydrogens (tertiary/aromatic N) is 1. The first kappa shape index (κ1) is 19.6. The molecule has 0 fully saturated rings. The van der Waals surface area contributed by atoms with E-state index in [1.807, 2.05) is 27.7 Å². The van der Waals surface area contributed by atoms with Crippen LogP contribution in [0.25, 0.3) is 0 Å². The minimum atomic E-state index is -3.58. The van der Waals surface area contributed by atoms with Crippen molar-refractivity contribution in [3.8, 4) is 0 Å². The van der Waals surface area contributed by atoms with E-state index >= 15 is 0 Å². The first-order chi connectivity index (χ1) is 10.8. The van der Waals surface area contributed by atoms with Gasteiger partial charge in [-0.25, -0.2) is 13.1 Å². The number of carbonyl (C=O) groups is 1. The van der Waals surface area contributed by atoms with Crippen molar-refractivity contribution in [2.45, 2.75) is 45.4 Å². The van der Waals surface area contributed by atoms with Crippen LogP contribution in [-0.4, -0.2) is 38.9 Å². The summed E-state index contributed by atoms with van der Waals surface area (Å²) in [5, 5.41) is 0. The Morgan fingerprint density at radius 3 is 2.30 bits per heavy atom. The summed E-state index contributed by atoms with van der Waals surface area (Å²) >= 11 is 0. The summed E-state index contributed by atoms with van der Waals surface area (Å²) in [6.45, 7) is 9.65. The third-order valence-electron chi connectivity index (χ3n) is 3.35. The van der Waals surface area contributed by atoms with Gasteiger partial charge in [-0.3, -0.25) is 4.79 Å². The number of carbonyl (C=O) groups excluding carboxylic acids is 1. The van der Waals surface area contributed by atoms with E-state index in [1.165, 1.54) is 12.1 Å². The van der Waals surface area contributed by atoms with Crippen molar-refractivity contribution < 1.29 is 13.2 Å². The fourth-order valence-corrected chi connectivity index (χ4v) is 3.45. The van der Waals surface area contributed by atoms with Gasteiger partial charge in [-0.2, -0.15) is 0 Å². The van der Waals surface area contributed by atoms with E-state index in [0.717, 1.165) is 12.8 Å². The first-order valence-electron chi connectivity index (χ1n) is 8.20. The van der Waals surface area contributed by atoms with Crippen LogP contribution in [-0.2, 0) is 10.0 Å². The summed E-state index contributed by atoms with van der Waals surface area (Å²) in [7, 11) is -3.58. The summed E-state index contributed by atoms with van der Waals surface area (Å²) < 4.78 is 27.2. The van der Waals surface area contributed by atoms with Crippen LogP contribution in [0.4, 0.5) is 0 Å². The number of hydrogen-bond acceptors (Lipinski definition) is 3. The predicted octanol–water partition coefficient (Wildman–Crippen LogP) is 2.88. The van der Waals surface area contributed by atoms with Gasteiger partial charge in [0.1, 0.15) is 0 Å². The third kappa shape index (κ3) is 5.95. The monoisotopic (exact) mass is 340 g/mol. The zero-order valence-electron chi connectivity index (χ0n) is 14.5. The molecule has 0 aliphatic heterocycles. The Bertz CT molecular complexity index is 606. The summed E-state index contributed by atoms with van der Waals surface area (Å²) in [5.74, 6) is 0.105. The summed E-state index contributed by atoms with van der Waals surface area (Å²) in [4.78, 5) is 14.5. The van der Waals surface area contributed by atoms with Crippen LogP contribution >= 0.6 is 0 Å². The average Bonchev–Trinajstić information content (AvgIpc) is 2.52. The third-order valence-corrected chi connectivity index (χ3v) is 4.77. The lowest BCUT2D eigenvalue weighted by atomic mass is 10.2. The number of rotatable bonds is 9. The molecular formula is C17H28N2O3S. The van der Waals surface area contributed by atoms with Crippen LogP contribution in [0.1, 0.15) is 50.9 Å². The maximum atomic E-state index is 12.6. The molecule has 0 spiro atoms. The molecular weight excluding hydrogens is 312 g/mol. The molecule has 0 radical (unpaired) electrons. The topological polar surface area (TPSA) is 66.5 Å². The Morgan fingerprint density at radius 1 is 1.17 bits per heavy atom. The molecule has 0 saturated carbocycles. The van der Waals surface area contributed by atoms with E-state index in [-0.39, 0.29) is 16.7 Å². The van der Waals surface area contributed by atoms with Crippen molar-refractivity contribution in [3.05, 3.63) is 29.8 Å². The van der Waals surface area contributed by atoms with E-state index in [2.05, 4.69) is 4.72 Å². The number of hydrogen-bond donors (Lipinski definition) is 1. The molecule has 1 N–H and O–H groups in total. The van der Waals surface area contributed by atoms with E-state index in [0.29, 0.717) is 25.2 Å². The van der Waals surface area contributed by atoms with E-state index < -0.39 is 10.0 Å². The van der Waals surface area contributed by atoms with Crippen LogP contribution in [0.2, 0.25) is 0 Å². The van der Waals surface area contributed by atoms with Gasteiger partial charge >= 0.3 is 0 Å². The molecule has 1 amide bonds. The van der Waals surface area contributed by atoms with Crippen LogP contribution < -0.4 is 4.72 Å². The number of sulfonamides is 1. The van der Waals surface area contributed by atoms with Crippen molar-refractivity contribution in [1.82, 2.24) is 9.62 Å². The molecule has 0 aromatic heterocycles. The van der Waals surface area contributed by atoms with Crippen molar-refractivity contribution >= 4 is 15.9 Å². The highest BCUT2D eigenvalue weighted by molar-refractivity contribution is 7.89. The maximum Gasteiger partial charge on any atom is 0.253 e. The van der Waals surface area contributed by atoms with Gasteiger partial charge in [0.2, 0.25) is 10.0 Å². The van der Waals surface area contributed by atoms with Crippen molar-refractivity contribution in [2.75, 3.05) is 19.6 Å². The van der Waals surface area contributed by atoms with Crippen molar-refractivity contribution in [1.29, 1.82) is 0 Å². The van der Waals surface area contributed by atoms with E-state index in [1.54, 1.807) is 17.0 Å². The van der Waals surface area contributed by atoms with Crippen molar-refractivity contribution in [3.63, 3.8) is 0 Å². The summed E-state index contributed by atoms with van der Waals surface area (Å²) in [5.41, 5.74) is 0.416. The largest absolute Gasteiger partial charge is 0.339 e. The minimum Gasteiger partial charge on any atom is -0.339 e. The highest BCUT2D eigenvalue weighted by Gasteiger charge is 2.19. The quantitative estimate of drug-likeness (QED) is 0.751. The summed E-state index contributed by atoms with van der Waals surface area (Å²) in [6.07, 6.45) is 1.75. The van der Waals surface area contributed by atoms with Crippen molar-refractivity contribution in [2.24, 2.45) is 5.92 Å². The predicted molar refractivity (Wildman–Crippen MR) is 93.0 cm³/mol. The molecule has 0 aliphatic carbocycles. The number of nitrogens with one attached hydrogen (secondary N) is 1. The summed E-state index contributed by atoms with van der Waals surface area (Å²) in [6, 6.07) is 6.27. The minimum absolute atomic E-state index is 0.116. The lowest BCUT2D eigenvalue weighted by Crippen LogP contribution is -2.33. The molecule has 1 rings (SSSR count).